The highest BCUT2D eigenvalue weighted by Gasteiger charge is 2.22. The van der Waals surface area contributed by atoms with Crippen molar-refractivity contribution in [2.24, 2.45) is 5.92 Å². The van der Waals surface area contributed by atoms with Gasteiger partial charge in [0.15, 0.2) is 0 Å². The number of hydrogen-bond acceptors (Lipinski definition) is 2. The molecule has 0 aromatic heterocycles. The molecule has 0 aromatic rings. The summed E-state index contributed by atoms with van der Waals surface area (Å²) in [4.78, 5) is 11.0. The van der Waals surface area contributed by atoms with Crippen molar-refractivity contribution in [2.45, 2.75) is 52.0 Å². The normalized spacial score (nSPS) is 26.0. The number of rotatable bonds is 4. The lowest BCUT2D eigenvalue weighted by molar-refractivity contribution is -0.119. The Morgan fingerprint density at radius 2 is 2.38 bits per heavy atom. The molecule has 2 atom stereocenters. The van der Waals surface area contributed by atoms with Crippen LogP contribution in [-0.4, -0.2) is 18.4 Å². The molecule has 0 saturated carbocycles. The first-order chi connectivity index (χ1) is 6.24. The zero-order valence-electron chi connectivity index (χ0n) is 8.81. The lowest BCUT2D eigenvalue weighted by Gasteiger charge is -2.28. The van der Waals surface area contributed by atoms with E-state index in [1.54, 1.807) is 0 Å². The minimum atomic E-state index is 0.374. The number of piperidine rings is 1. The third-order valence-corrected chi connectivity index (χ3v) is 3.00. The Balaban J connectivity index is 2.23. The Kier molecular flexibility index (Phi) is 4.43. The van der Waals surface area contributed by atoms with Crippen LogP contribution < -0.4 is 5.32 Å². The monoisotopic (exact) mass is 183 g/mol. The van der Waals surface area contributed by atoms with E-state index in [2.05, 4.69) is 19.2 Å². The SMILES string of the molecule is CCCCC(C)C1CCC(=O)CN1. The number of ketones is 1. The van der Waals surface area contributed by atoms with Crippen molar-refractivity contribution in [2.75, 3.05) is 6.54 Å². The molecule has 0 radical (unpaired) electrons. The highest BCUT2D eigenvalue weighted by atomic mass is 16.1. The predicted molar refractivity (Wildman–Crippen MR) is 54.7 cm³/mol. The number of nitrogens with one attached hydrogen (secondary N) is 1. The highest BCUT2D eigenvalue weighted by molar-refractivity contribution is 5.81. The van der Waals surface area contributed by atoms with Crippen molar-refractivity contribution in [1.29, 1.82) is 0 Å². The second-order valence-electron chi connectivity index (χ2n) is 4.18. The van der Waals surface area contributed by atoms with Crippen LogP contribution in [0.1, 0.15) is 46.0 Å². The summed E-state index contributed by atoms with van der Waals surface area (Å²) < 4.78 is 0. The molecular formula is C11H21NO. The molecule has 76 valence electrons. The van der Waals surface area contributed by atoms with Gasteiger partial charge >= 0.3 is 0 Å². The molecule has 1 saturated heterocycles. The number of Topliss-reactive ketones (excluding diaryl/α,β-unsaturated/α-hetero) is 1. The van der Waals surface area contributed by atoms with E-state index in [0.29, 0.717) is 18.4 Å². The standard InChI is InChI=1S/C11H21NO/c1-3-4-5-9(2)11-7-6-10(13)8-12-11/h9,11-12H,3-8H2,1-2H3. The van der Waals surface area contributed by atoms with E-state index < -0.39 is 0 Å². The lowest BCUT2D eigenvalue weighted by atomic mass is 9.89. The molecule has 1 aliphatic heterocycles. The van der Waals surface area contributed by atoms with Crippen LogP contribution in [0.15, 0.2) is 0 Å². The van der Waals surface area contributed by atoms with Crippen LogP contribution in [0.25, 0.3) is 0 Å². The van der Waals surface area contributed by atoms with Gasteiger partial charge in [-0.1, -0.05) is 26.7 Å². The molecule has 0 amide bonds. The van der Waals surface area contributed by atoms with Crippen molar-refractivity contribution < 1.29 is 4.79 Å². The van der Waals surface area contributed by atoms with Crippen molar-refractivity contribution in [3.05, 3.63) is 0 Å². The second-order valence-corrected chi connectivity index (χ2v) is 4.18. The third kappa shape index (κ3) is 3.47. The van der Waals surface area contributed by atoms with E-state index in [1.807, 2.05) is 0 Å². The Morgan fingerprint density at radius 3 is 2.92 bits per heavy atom. The first-order valence-corrected chi connectivity index (χ1v) is 5.49. The van der Waals surface area contributed by atoms with Gasteiger partial charge in [0.1, 0.15) is 5.78 Å². The zero-order chi connectivity index (χ0) is 9.68. The third-order valence-electron chi connectivity index (χ3n) is 3.00. The predicted octanol–water partition coefficient (Wildman–Crippen LogP) is 2.13. The van der Waals surface area contributed by atoms with Crippen LogP contribution in [0, 0.1) is 5.92 Å². The summed E-state index contributed by atoms with van der Waals surface area (Å²) in [6.45, 7) is 5.12. The van der Waals surface area contributed by atoms with Gasteiger partial charge in [0, 0.05) is 12.5 Å². The fourth-order valence-corrected chi connectivity index (χ4v) is 1.96. The molecule has 2 heteroatoms. The van der Waals surface area contributed by atoms with Gasteiger partial charge in [0.2, 0.25) is 0 Å². The van der Waals surface area contributed by atoms with E-state index in [9.17, 15) is 4.79 Å². The van der Waals surface area contributed by atoms with Gasteiger partial charge in [0.05, 0.1) is 6.54 Å². The molecule has 0 aromatic carbocycles. The summed E-state index contributed by atoms with van der Waals surface area (Å²) in [7, 11) is 0. The van der Waals surface area contributed by atoms with Crippen LogP contribution in [0.4, 0.5) is 0 Å². The largest absolute Gasteiger partial charge is 0.307 e. The summed E-state index contributed by atoms with van der Waals surface area (Å²) in [6.07, 6.45) is 5.71. The fraction of sp³-hybridized carbons (Fsp3) is 0.909. The molecule has 1 aliphatic rings. The molecule has 2 unspecified atom stereocenters. The van der Waals surface area contributed by atoms with Crippen molar-refractivity contribution in [3.8, 4) is 0 Å². The fourth-order valence-electron chi connectivity index (χ4n) is 1.96. The van der Waals surface area contributed by atoms with Gasteiger partial charge in [-0.15, -0.1) is 0 Å². The van der Waals surface area contributed by atoms with Gasteiger partial charge in [-0.25, -0.2) is 0 Å². The van der Waals surface area contributed by atoms with Crippen LogP contribution in [0.5, 0.6) is 0 Å². The average molecular weight is 183 g/mol. The Bertz CT molecular complexity index is 157. The first kappa shape index (κ1) is 10.7. The first-order valence-electron chi connectivity index (χ1n) is 5.49. The average Bonchev–Trinajstić information content (AvgIpc) is 2.15. The number of carbonyl (C=O) groups excluding carboxylic acids is 1. The minimum Gasteiger partial charge on any atom is -0.307 e. The van der Waals surface area contributed by atoms with Gasteiger partial charge < -0.3 is 5.32 Å². The smallest absolute Gasteiger partial charge is 0.146 e. The van der Waals surface area contributed by atoms with Crippen molar-refractivity contribution in [3.63, 3.8) is 0 Å². The number of unbranched alkanes of at least 4 members (excludes halogenated alkanes) is 1. The quantitative estimate of drug-likeness (QED) is 0.723. The maximum atomic E-state index is 11.0. The molecule has 1 N–H and O–H groups in total. The van der Waals surface area contributed by atoms with Crippen LogP contribution >= 0.6 is 0 Å². The number of carbonyl (C=O) groups is 1. The molecule has 1 rings (SSSR count). The summed E-state index contributed by atoms with van der Waals surface area (Å²) in [6, 6.07) is 0.587. The number of hydrogen-bond donors (Lipinski definition) is 1. The van der Waals surface area contributed by atoms with Gasteiger partial charge in [-0.2, -0.15) is 0 Å². The summed E-state index contributed by atoms with van der Waals surface area (Å²) in [5.74, 6) is 1.10. The van der Waals surface area contributed by atoms with Gasteiger partial charge in [-0.3, -0.25) is 4.79 Å². The van der Waals surface area contributed by atoms with Crippen molar-refractivity contribution >= 4 is 5.78 Å². The van der Waals surface area contributed by atoms with E-state index in [4.69, 9.17) is 0 Å². The Hall–Kier alpha value is -0.370. The van der Waals surface area contributed by atoms with Crippen LogP contribution in [-0.2, 0) is 4.79 Å². The molecule has 0 bridgehead atoms. The van der Waals surface area contributed by atoms with Gasteiger partial charge in [0.25, 0.3) is 0 Å². The van der Waals surface area contributed by atoms with E-state index in [1.165, 1.54) is 19.3 Å². The second kappa shape index (κ2) is 5.38. The molecule has 2 nitrogen and oxygen atoms in total. The summed E-state index contributed by atoms with van der Waals surface area (Å²) >= 11 is 0. The van der Waals surface area contributed by atoms with E-state index >= 15 is 0 Å². The Morgan fingerprint density at radius 1 is 1.62 bits per heavy atom. The van der Waals surface area contributed by atoms with E-state index in [0.717, 1.165) is 18.8 Å². The maximum absolute atomic E-state index is 11.0. The molecule has 0 spiro atoms. The Labute approximate surface area is 81.1 Å². The van der Waals surface area contributed by atoms with Crippen molar-refractivity contribution in [1.82, 2.24) is 5.32 Å². The lowest BCUT2D eigenvalue weighted by Crippen LogP contribution is -2.42. The maximum Gasteiger partial charge on any atom is 0.146 e. The van der Waals surface area contributed by atoms with Crippen LogP contribution in [0.2, 0.25) is 0 Å². The summed E-state index contributed by atoms with van der Waals surface area (Å²) in [5.41, 5.74) is 0. The zero-order valence-corrected chi connectivity index (χ0v) is 8.81. The topological polar surface area (TPSA) is 29.1 Å². The van der Waals surface area contributed by atoms with Crippen LogP contribution in [0.3, 0.4) is 0 Å². The minimum absolute atomic E-state index is 0.374. The highest BCUT2D eigenvalue weighted by Crippen LogP contribution is 2.18. The molecular weight excluding hydrogens is 162 g/mol. The van der Waals surface area contributed by atoms with Gasteiger partial charge in [-0.05, 0) is 18.8 Å². The van der Waals surface area contributed by atoms with E-state index in [-0.39, 0.29) is 0 Å². The molecule has 1 fully saturated rings. The molecule has 13 heavy (non-hydrogen) atoms. The molecule has 0 aliphatic carbocycles. The molecule has 1 heterocycles. The summed E-state index contributed by atoms with van der Waals surface area (Å²) in [5, 5.41) is 3.33.